The first kappa shape index (κ1) is 22.3. The molecule has 0 unspecified atom stereocenters. The first-order valence-electron chi connectivity index (χ1n) is 10.4. The van der Waals surface area contributed by atoms with Crippen molar-refractivity contribution in [2.75, 3.05) is 0 Å². The molecule has 1 N–H and O–H groups in total. The standard InChI is InChI=1S/C22H42O/c1-2-3-4-5-6-7-8-9-10-11-12-13-14-15-16-17-18-19-20-21-22-23/h19-23H,2-18H2,1H3/b20-19+,22-21+. The number of allylic oxidation sites excluding steroid dienone is 3. The maximum Gasteiger partial charge on any atom is 0.0791 e. The minimum Gasteiger partial charge on any atom is -0.516 e. The Labute approximate surface area is 146 Å². The van der Waals surface area contributed by atoms with Gasteiger partial charge in [-0.2, -0.15) is 0 Å². The maximum atomic E-state index is 8.48. The van der Waals surface area contributed by atoms with Crippen LogP contribution in [0.4, 0.5) is 0 Å². The van der Waals surface area contributed by atoms with E-state index in [0.29, 0.717) is 0 Å². The topological polar surface area (TPSA) is 20.2 Å². The summed E-state index contributed by atoms with van der Waals surface area (Å²) in [5.41, 5.74) is 0. The zero-order chi connectivity index (χ0) is 16.8. The molecule has 0 atom stereocenters. The molecule has 0 aliphatic heterocycles. The molecule has 0 rings (SSSR count). The number of aliphatic hydroxyl groups excluding tert-OH is 1. The highest BCUT2D eigenvalue weighted by atomic mass is 16.2. The van der Waals surface area contributed by atoms with Crippen LogP contribution in [0.2, 0.25) is 0 Å². The van der Waals surface area contributed by atoms with Crippen molar-refractivity contribution >= 4 is 0 Å². The number of aliphatic hydroxyl groups is 1. The normalized spacial score (nSPS) is 11.9. The summed E-state index contributed by atoms with van der Waals surface area (Å²) in [5.74, 6) is 0. The minimum atomic E-state index is 1.09. The molecule has 0 saturated heterocycles. The van der Waals surface area contributed by atoms with Crippen LogP contribution in [0.25, 0.3) is 0 Å². The Morgan fingerprint density at radius 1 is 0.522 bits per heavy atom. The average Bonchev–Trinajstić information content (AvgIpc) is 2.57. The molecule has 0 fully saturated rings. The van der Waals surface area contributed by atoms with E-state index in [1.807, 2.05) is 6.08 Å². The molecule has 0 bridgehead atoms. The molecule has 0 spiro atoms. The number of hydrogen-bond donors (Lipinski definition) is 1. The van der Waals surface area contributed by atoms with Gasteiger partial charge in [0.25, 0.3) is 0 Å². The summed E-state index contributed by atoms with van der Waals surface area (Å²) in [6.07, 6.45) is 30.7. The Kier molecular flexibility index (Phi) is 20.6. The lowest BCUT2D eigenvalue weighted by molar-refractivity contribution is 0.473. The van der Waals surface area contributed by atoms with E-state index in [9.17, 15) is 0 Å². The van der Waals surface area contributed by atoms with Crippen molar-refractivity contribution in [3.8, 4) is 0 Å². The fraction of sp³-hybridized carbons (Fsp3) is 0.818. The van der Waals surface area contributed by atoms with Crippen molar-refractivity contribution < 1.29 is 5.11 Å². The Hall–Kier alpha value is -0.720. The Bertz CT molecular complexity index is 255. The van der Waals surface area contributed by atoms with Crippen molar-refractivity contribution in [3.63, 3.8) is 0 Å². The summed E-state index contributed by atoms with van der Waals surface area (Å²) in [6.45, 7) is 2.29. The van der Waals surface area contributed by atoms with Crippen LogP contribution in [-0.4, -0.2) is 5.11 Å². The third-order valence-electron chi connectivity index (χ3n) is 4.56. The number of unbranched alkanes of at least 4 members (excludes halogenated alkanes) is 16. The smallest absolute Gasteiger partial charge is 0.0791 e. The van der Waals surface area contributed by atoms with E-state index < -0.39 is 0 Å². The Morgan fingerprint density at radius 3 is 1.30 bits per heavy atom. The van der Waals surface area contributed by atoms with Gasteiger partial charge in [-0.05, 0) is 18.9 Å². The second-order valence-corrected chi connectivity index (χ2v) is 6.86. The highest BCUT2D eigenvalue weighted by Crippen LogP contribution is 2.14. The largest absolute Gasteiger partial charge is 0.516 e. The Morgan fingerprint density at radius 2 is 0.913 bits per heavy atom. The first-order valence-corrected chi connectivity index (χ1v) is 10.4. The van der Waals surface area contributed by atoms with E-state index in [1.165, 1.54) is 103 Å². The first-order chi connectivity index (χ1) is 11.4. The van der Waals surface area contributed by atoms with E-state index in [2.05, 4.69) is 13.0 Å². The van der Waals surface area contributed by atoms with Gasteiger partial charge in [-0.15, -0.1) is 0 Å². The summed E-state index contributed by atoms with van der Waals surface area (Å²) in [5, 5.41) is 8.48. The molecule has 23 heavy (non-hydrogen) atoms. The number of hydrogen-bond acceptors (Lipinski definition) is 1. The highest BCUT2D eigenvalue weighted by Gasteiger charge is 1.94. The number of rotatable bonds is 18. The summed E-state index contributed by atoms with van der Waals surface area (Å²) < 4.78 is 0. The molecular formula is C22H42O. The molecule has 0 radical (unpaired) electrons. The van der Waals surface area contributed by atoms with Gasteiger partial charge < -0.3 is 5.11 Å². The van der Waals surface area contributed by atoms with Crippen LogP contribution in [0, 0.1) is 0 Å². The van der Waals surface area contributed by atoms with E-state index in [4.69, 9.17) is 5.11 Å². The third kappa shape index (κ3) is 21.3. The predicted octanol–water partition coefficient (Wildman–Crippen LogP) is 8.27. The Balaban J connectivity index is 3.00. The van der Waals surface area contributed by atoms with Gasteiger partial charge >= 0.3 is 0 Å². The summed E-state index contributed by atoms with van der Waals surface area (Å²) in [7, 11) is 0. The van der Waals surface area contributed by atoms with Gasteiger partial charge in [0, 0.05) is 0 Å². The van der Waals surface area contributed by atoms with Gasteiger partial charge in [-0.25, -0.2) is 0 Å². The van der Waals surface area contributed by atoms with Gasteiger partial charge in [-0.1, -0.05) is 115 Å². The molecule has 0 amide bonds. The molecule has 0 aromatic carbocycles. The van der Waals surface area contributed by atoms with Gasteiger partial charge in [0.15, 0.2) is 0 Å². The van der Waals surface area contributed by atoms with Crippen LogP contribution in [0.1, 0.15) is 116 Å². The van der Waals surface area contributed by atoms with E-state index in [1.54, 1.807) is 6.08 Å². The van der Waals surface area contributed by atoms with Gasteiger partial charge in [0.05, 0.1) is 6.26 Å². The summed E-state index contributed by atoms with van der Waals surface area (Å²) in [6, 6.07) is 0. The van der Waals surface area contributed by atoms with Crippen molar-refractivity contribution in [2.45, 2.75) is 116 Å². The van der Waals surface area contributed by atoms with Crippen molar-refractivity contribution in [3.05, 3.63) is 24.5 Å². The summed E-state index contributed by atoms with van der Waals surface area (Å²) in [4.78, 5) is 0. The lowest BCUT2D eigenvalue weighted by atomic mass is 10.0. The van der Waals surface area contributed by atoms with E-state index >= 15 is 0 Å². The third-order valence-corrected chi connectivity index (χ3v) is 4.56. The van der Waals surface area contributed by atoms with Crippen LogP contribution in [-0.2, 0) is 0 Å². The molecule has 136 valence electrons. The predicted molar refractivity (Wildman–Crippen MR) is 105 cm³/mol. The van der Waals surface area contributed by atoms with E-state index in [0.717, 1.165) is 12.7 Å². The molecule has 0 saturated carbocycles. The molecule has 0 heterocycles. The molecule has 0 aliphatic rings. The average molecular weight is 323 g/mol. The molecule has 0 aliphatic carbocycles. The lowest BCUT2D eigenvalue weighted by Gasteiger charge is -2.03. The van der Waals surface area contributed by atoms with Crippen molar-refractivity contribution in [1.82, 2.24) is 0 Å². The van der Waals surface area contributed by atoms with Gasteiger partial charge in [-0.3, -0.25) is 0 Å². The lowest BCUT2D eigenvalue weighted by Crippen LogP contribution is -1.83. The molecule has 1 heteroatoms. The van der Waals surface area contributed by atoms with E-state index in [-0.39, 0.29) is 0 Å². The van der Waals surface area contributed by atoms with Crippen LogP contribution < -0.4 is 0 Å². The second-order valence-electron chi connectivity index (χ2n) is 6.86. The molecular weight excluding hydrogens is 280 g/mol. The van der Waals surface area contributed by atoms with Crippen LogP contribution >= 0.6 is 0 Å². The maximum absolute atomic E-state index is 8.48. The monoisotopic (exact) mass is 322 g/mol. The molecule has 0 aromatic heterocycles. The van der Waals surface area contributed by atoms with Crippen LogP contribution in [0.5, 0.6) is 0 Å². The fourth-order valence-electron chi connectivity index (χ4n) is 3.03. The highest BCUT2D eigenvalue weighted by molar-refractivity contribution is 4.98. The second kappa shape index (κ2) is 21.3. The van der Waals surface area contributed by atoms with Crippen LogP contribution in [0.3, 0.4) is 0 Å². The van der Waals surface area contributed by atoms with Gasteiger partial charge in [0.1, 0.15) is 0 Å². The summed E-state index contributed by atoms with van der Waals surface area (Å²) >= 11 is 0. The zero-order valence-electron chi connectivity index (χ0n) is 15.8. The molecule has 1 nitrogen and oxygen atoms in total. The minimum absolute atomic E-state index is 1.09. The fourth-order valence-corrected chi connectivity index (χ4v) is 3.03. The van der Waals surface area contributed by atoms with Crippen LogP contribution in [0.15, 0.2) is 24.5 Å². The van der Waals surface area contributed by atoms with Gasteiger partial charge in [0.2, 0.25) is 0 Å². The SMILES string of the molecule is CCCCCCCCCCCCCCCCCC/C=C/C=C/O. The van der Waals surface area contributed by atoms with Crippen molar-refractivity contribution in [1.29, 1.82) is 0 Å². The zero-order valence-corrected chi connectivity index (χ0v) is 15.8. The van der Waals surface area contributed by atoms with Crippen molar-refractivity contribution in [2.24, 2.45) is 0 Å². The molecule has 0 aromatic rings. The quantitative estimate of drug-likeness (QED) is 0.153.